The van der Waals surface area contributed by atoms with Gasteiger partial charge in [-0.2, -0.15) is 11.8 Å². The molecular formula is C12H14OS2. The van der Waals surface area contributed by atoms with Crippen LogP contribution in [0.25, 0.3) is 0 Å². The van der Waals surface area contributed by atoms with Crippen molar-refractivity contribution in [3.05, 3.63) is 34.8 Å². The van der Waals surface area contributed by atoms with Crippen LogP contribution in [0.1, 0.15) is 0 Å². The van der Waals surface area contributed by atoms with Crippen LogP contribution >= 0.6 is 23.5 Å². The van der Waals surface area contributed by atoms with Crippen LogP contribution < -0.4 is 0 Å². The summed E-state index contributed by atoms with van der Waals surface area (Å²) in [5.74, 6) is 4.17. The molecule has 3 rings (SSSR count). The van der Waals surface area contributed by atoms with Gasteiger partial charge in [0, 0.05) is 28.1 Å². The first kappa shape index (κ1) is 10.1. The summed E-state index contributed by atoms with van der Waals surface area (Å²) in [6, 6.07) is 0. The summed E-state index contributed by atoms with van der Waals surface area (Å²) >= 11 is 4.01. The predicted molar refractivity (Wildman–Crippen MR) is 68.3 cm³/mol. The lowest BCUT2D eigenvalue weighted by Gasteiger charge is -2.13. The molecule has 0 saturated carbocycles. The van der Waals surface area contributed by atoms with Gasteiger partial charge in [-0.1, -0.05) is 24.3 Å². The summed E-state index contributed by atoms with van der Waals surface area (Å²) < 4.78 is 5.65. The van der Waals surface area contributed by atoms with Crippen molar-refractivity contribution in [2.75, 3.05) is 23.9 Å². The summed E-state index contributed by atoms with van der Waals surface area (Å²) in [6.45, 7) is 0.799. The molecule has 3 heteroatoms. The molecule has 15 heavy (non-hydrogen) atoms. The lowest BCUT2D eigenvalue weighted by atomic mass is 10.0. The molecule has 3 aliphatic rings. The molecule has 0 aromatic carbocycles. The van der Waals surface area contributed by atoms with Gasteiger partial charge >= 0.3 is 0 Å². The van der Waals surface area contributed by atoms with Gasteiger partial charge in [0.05, 0.1) is 12.7 Å². The molecule has 1 nitrogen and oxygen atoms in total. The standard InChI is InChI=1S/C12H14OS2/c1-2-11(13-4-1)10-6-12(15-8-10)9-3-5-14-7-9/h1-3,6,10-11H,4-5,7-8H2. The lowest BCUT2D eigenvalue weighted by Crippen LogP contribution is -2.17. The Hall–Kier alpha value is -0.120. The maximum Gasteiger partial charge on any atom is 0.0832 e. The second-order valence-corrected chi connectivity index (χ2v) is 6.07. The van der Waals surface area contributed by atoms with Gasteiger partial charge in [0.25, 0.3) is 0 Å². The zero-order chi connectivity index (χ0) is 10.1. The van der Waals surface area contributed by atoms with E-state index in [1.54, 1.807) is 5.57 Å². The largest absolute Gasteiger partial charge is 0.369 e. The first-order valence-electron chi connectivity index (χ1n) is 5.33. The minimum Gasteiger partial charge on any atom is -0.369 e. The van der Waals surface area contributed by atoms with E-state index in [1.807, 2.05) is 23.5 Å². The monoisotopic (exact) mass is 238 g/mol. The van der Waals surface area contributed by atoms with Crippen LogP contribution in [0.3, 0.4) is 0 Å². The van der Waals surface area contributed by atoms with Gasteiger partial charge < -0.3 is 4.74 Å². The molecule has 2 atom stereocenters. The van der Waals surface area contributed by atoms with E-state index in [4.69, 9.17) is 4.74 Å². The van der Waals surface area contributed by atoms with Gasteiger partial charge in [-0.25, -0.2) is 0 Å². The van der Waals surface area contributed by atoms with Crippen molar-refractivity contribution in [2.24, 2.45) is 5.92 Å². The van der Waals surface area contributed by atoms with Crippen molar-refractivity contribution in [3.63, 3.8) is 0 Å². The van der Waals surface area contributed by atoms with Crippen molar-refractivity contribution in [2.45, 2.75) is 6.10 Å². The minimum atomic E-state index is 0.338. The molecule has 0 amide bonds. The minimum absolute atomic E-state index is 0.338. The fourth-order valence-electron chi connectivity index (χ4n) is 2.10. The fourth-order valence-corrected chi connectivity index (χ4v) is 4.39. The summed E-state index contributed by atoms with van der Waals surface area (Å²) in [5.41, 5.74) is 1.55. The lowest BCUT2D eigenvalue weighted by molar-refractivity contribution is 0.104. The van der Waals surface area contributed by atoms with E-state index in [0.717, 1.165) is 6.61 Å². The molecule has 0 aliphatic carbocycles. The first-order valence-corrected chi connectivity index (χ1v) is 7.47. The fraction of sp³-hybridized carbons (Fsp3) is 0.500. The quantitative estimate of drug-likeness (QED) is 0.685. The van der Waals surface area contributed by atoms with E-state index in [-0.39, 0.29) is 0 Å². The Kier molecular flexibility index (Phi) is 2.95. The highest BCUT2D eigenvalue weighted by Crippen LogP contribution is 2.40. The van der Waals surface area contributed by atoms with E-state index in [2.05, 4.69) is 24.3 Å². The van der Waals surface area contributed by atoms with Gasteiger partial charge in [-0.05, 0) is 5.57 Å². The van der Waals surface area contributed by atoms with E-state index in [1.165, 1.54) is 22.2 Å². The summed E-state index contributed by atoms with van der Waals surface area (Å²) in [7, 11) is 0. The van der Waals surface area contributed by atoms with Gasteiger partial charge in [0.2, 0.25) is 0 Å². The highest BCUT2D eigenvalue weighted by Gasteiger charge is 2.27. The number of hydrogen-bond acceptors (Lipinski definition) is 3. The maximum absolute atomic E-state index is 5.65. The summed E-state index contributed by atoms with van der Waals surface area (Å²) in [6.07, 6.45) is 9.47. The molecule has 0 radical (unpaired) electrons. The molecule has 0 bridgehead atoms. The first-order chi connectivity index (χ1) is 7.43. The van der Waals surface area contributed by atoms with E-state index < -0.39 is 0 Å². The molecule has 80 valence electrons. The van der Waals surface area contributed by atoms with Crippen LogP contribution in [-0.2, 0) is 4.74 Å². The third-order valence-corrected chi connectivity index (χ3v) is 5.13. The van der Waals surface area contributed by atoms with Crippen LogP contribution in [0.2, 0.25) is 0 Å². The Morgan fingerprint density at radius 1 is 1.40 bits per heavy atom. The molecule has 3 heterocycles. The summed E-state index contributed by atoms with van der Waals surface area (Å²) in [5, 5.41) is 0. The van der Waals surface area contributed by atoms with Crippen LogP contribution in [0.4, 0.5) is 0 Å². The molecule has 0 fully saturated rings. The average molecular weight is 238 g/mol. The van der Waals surface area contributed by atoms with Gasteiger partial charge in [0.15, 0.2) is 0 Å². The second-order valence-electron chi connectivity index (χ2n) is 3.98. The van der Waals surface area contributed by atoms with Crippen LogP contribution in [-0.4, -0.2) is 30.0 Å². The Bertz CT molecular complexity index is 344. The van der Waals surface area contributed by atoms with E-state index in [0.29, 0.717) is 12.0 Å². The maximum atomic E-state index is 5.65. The molecule has 0 saturated heterocycles. The zero-order valence-electron chi connectivity index (χ0n) is 8.52. The molecule has 0 aromatic heterocycles. The average Bonchev–Trinajstić information content (AvgIpc) is 3.02. The Balaban J connectivity index is 1.71. The Morgan fingerprint density at radius 2 is 2.40 bits per heavy atom. The van der Waals surface area contributed by atoms with Crippen LogP contribution in [0.5, 0.6) is 0 Å². The number of allylic oxidation sites excluding steroid dienone is 1. The van der Waals surface area contributed by atoms with Crippen LogP contribution in [0.15, 0.2) is 34.8 Å². The van der Waals surface area contributed by atoms with E-state index in [9.17, 15) is 0 Å². The van der Waals surface area contributed by atoms with Crippen molar-refractivity contribution in [1.29, 1.82) is 0 Å². The number of thioether (sulfide) groups is 2. The molecule has 3 aliphatic heterocycles. The van der Waals surface area contributed by atoms with Crippen molar-refractivity contribution in [3.8, 4) is 0 Å². The topological polar surface area (TPSA) is 9.23 Å². The molecule has 2 unspecified atom stereocenters. The van der Waals surface area contributed by atoms with Gasteiger partial charge in [0.1, 0.15) is 0 Å². The highest BCUT2D eigenvalue weighted by molar-refractivity contribution is 8.04. The normalized spacial score (nSPS) is 34.7. The van der Waals surface area contributed by atoms with Gasteiger partial charge in [-0.15, -0.1) is 11.8 Å². The number of rotatable bonds is 2. The van der Waals surface area contributed by atoms with Crippen molar-refractivity contribution in [1.82, 2.24) is 0 Å². The van der Waals surface area contributed by atoms with Crippen molar-refractivity contribution < 1.29 is 4.74 Å². The predicted octanol–water partition coefficient (Wildman–Crippen LogP) is 2.86. The highest BCUT2D eigenvalue weighted by atomic mass is 32.2. The van der Waals surface area contributed by atoms with Crippen LogP contribution in [0, 0.1) is 5.92 Å². The zero-order valence-corrected chi connectivity index (χ0v) is 10.2. The molecular weight excluding hydrogens is 224 g/mol. The number of hydrogen-bond donors (Lipinski definition) is 0. The Morgan fingerprint density at radius 3 is 3.13 bits per heavy atom. The SMILES string of the molecule is C1=CC(C2C=C(C3=CCSC3)SC2)OC1. The number of ether oxygens (including phenoxy) is 1. The second kappa shape index (κ2) is 4.40. The van der Waals surface area contributed by atoms with E-state index >= 15 is 0 Å². The molecule has 0 spiro atoms. The third-order valence-electron chi connectivity index (χ3n) is 2.95. The Labute approximate surface area is 99.0 Å². The third kappa shape index (κ3) is 2.05. The van der Waals surface area contributed by atoms with Gasteiger partial charge in [-0.3, -0.25) is 0 Å². The molecule has 0 aromatic rings. The smallest absolute Gasteiger partial charge is 0.0832 e. The molecule has 0 N–H and O–H groups in total. The van der Waals surface area contributed by atoms with Crippen molar-refractivity contribution >= 4 is 23.5 Å². The summed E-state index contributed by atoms with van der Waals surface area (Å²) in [4.78, 5) is 1.51.